The fourth-order valence-corrected chi connectivity index (χ4v) is 2.34. The summed E-state index contributed by atoms with van der Waals surface area (Å²) < 4.78 is 10.5. The van der Waals surface area contributed by atoms with Crippen LogP contribution in [0.25, 0.3) is 0 Å². The Morgan fingerprint density at radius 1 is 1.11 bits per heavy atom. The number of nitrogens with zero attached hydrogens (tertiary/aromatic N) is 1. The second-order valence-electron chi connectivity index (χ2n) is 5.13. The van der Waals surface area contributed by atoms with Crippen molar-refractivity contribution in [1.82, 2.24) is 10.9 Å². The molecule has 0 heterocycles. The predicted molar refractivity (Wildman–Crippen MR) is 97.2 cm³/mol. The highest BCUT2D eigenvalue weighted by molar-refractivity contribution is 6.34. The highest BCUT2D eigenvalue weighted by Crippen LogP contribution is 2.28. The number of benzene rings is 2. The maximum Gasteiger partial charge on any atom is 0.271 e. The van der Waals surface area contributed by atoms with Crippen LogP contribution in [-0.2, 0) is 0 Å². The number of non-ortho nitro benzene ring substituents is 1. The summed E-state index contributed by atoms with van der Waals surface area (Å²) in [6, 6.07) is 7.93. The van der Waals surface area contributed by atoms with Crippen molar-refractivity contribution in [1.29, 1.82) is 0 Å². The highest BCUT2D eigenvalue weighted by Gasteiger charge is 2.17. The fraction of sp³-hybridized carbons (Fsp3) is 0.176. The Balaban J connectivity index is 2.10. The van der Waals surface area contributed by atoms with Gasteiger partial charge in [-0.25, -0.2) is 0 Å². The number of amides is 2. The first-order chi connectivity index (χ1) is 12.9. The molecule has 27 heavy (non-hydrogen) atoms. The van der Waals surface area contributed by atoms with Crippen molar-refractivity contribution in [3.63, 3.8) is 0 Å². The Morgan fingerprint density at radius 3 is 2.44 bits per heavy atom. The molecule has 0 radical (unpaired) electrons. The van der Waals surface area contributed by atoms with Gasteiger partial charge in [0.25, 0.3) is 17.5 Å². The molecular formula is C17H16ClN3O6. The van der Waals surface area contributed by atoms with E-state index in [0.29, 0.717) is 18.1 Å². The van der Waals surface area contributed by atoms with E-state index in [1.54, 1.807) is 6.07 Å². The molecule has 9 nitrogen and oxygen atoms in total. The summed E-state index contributed by atoms with van der Waals surface area (Å²) in [5, 5.41) is 10.8. The molecule has 0 fully saturated rings. The molecule has 0 spiro atoms. The number of carbonyl (C=O) groups is 2. The van der Waals surface area contributed by atoms with Gasteiger partial charge in [-0.05, 0) is 31.2 Å². The van der Waals surface area contributed by atoms with Crippen molar-refractivity contribution in [3.8, 4) is 11.5 Å². The Hall–Kier alpha value is -3.33. The molecule has 0 aromatic heterocycles. The Morgan fingerprint density at radius 2 is 1.81 bits per heavy atom. The molecule has 0 aliphatic heterocycles. The van der Waals surface area contributed by atoms with E-state index in [2.05, 4.69) is 10.9 Å². The molecule has 0 aliphatic rings. The minimum atomic E-state index is -0.796. The lowest BCUT2D eigenvalue weighted by Gasteiger charge is -2.12. The van der Waals surface area contributed by atoms with Crippen LogP contribution >= 0.6 is 11.6 Å². The van der Waals surface area contributed by atoms with E-state index >= 15 is 0 Å². The minimum absolute atomic E-state index is 0.00934. The molecule has 0 saturated heterocycles. The van der Waals surface area contributed by atoms with Gasteiger partial charge in [0.05, 0.1) is 29.2 Å². The SMILES string of the molecule is CCOc1ccc(C(=O)NNC(=O)c2cc([N+](=O)[O-])ccc2Cl)cc1OC. The third-order valence-corrected chi connectivity index (χ3v) is 3.75. The molecule has 0 saturated carbocycles. The molecular weight excluding hydrogens is 378 g/mol. The summed E-state index contributed by atoms with van der Waals surface area (Å²) in [7, 11) is 1.44. The lowest BCUT2D eigenvalue weighted by atomic mass is 10.2. The summed E-state index contributed by atoms with van der Waals surface area (Å²) in [4.78, 5) is 34.5. The normalized spacial score (nSPS) is 10.0. The standard InChI is InChI=1S/C17H16ClN3O6/c1-3-27-14-7-4-10(8-15(14)26-2)16(22)19-20-17(23)12-9-11(21(24)25)5-6-13(12)18/h4-9H,3H2,1-2H3,(H,19,22)(H,20,23). The van der Waals surface area contributed by atoms with E-state index in [4.69, 9.17) is 21.1 Å². The molecule has 2 N–H and O–H groups in total. The number of nitro benzene ring substituents is 1. The van der Waals surface area contributed by atoms with Crippen molar-refractivity contribution in [2.24, 2.45) is 0 Å². The maximum atomic E-state index is 12.2. The third kappa shape index (κ3) is 4.85. The third-order valence-electron chi connectivity index (χ3n) is 3.42. The molecule has 0 aliphatic carbocycles. The van der Waals surface area contributed by atoms with Crippen LogP contribution in [-0.4, -0.2) is 30.5 Å². The van der Waals surface area contributed by atoms with Crippen LogP contribution in [0.15, 0.2) is 36.4 Å². The van der Waals surface area contributed by atoms with Gasteiger partial charge in [-0.1, -0.05) is 11.6 Å². The van der Waals surface area contributed by atoms with E-state index in [-0.39, 0.29) is 21.8 Å². The van der Waals surface area contributed by atoms with Crippen molar-refractivity contribution in [2.75, 3.05) is 13.7 Å². The number of nitro groups is 1. The Bertz CT molecular complexity index is 887. The summed E-state index contributed by atoms with van der Waals surface area (Å²) in [5.41, 5.74) is 4.14. The number of ether oxygens (including phenoxy) is 2. The molecule has 2 aromatic carbocycles. The van der Waals surface area contributed by atoms with E-state index in [1.807, 2.05) is 6.92 Å². The van der Waals surface area contributed by atoms with Crippen LogP contribution in [0, 0.1) is 10.1 Å². The molecule has 0 atom stereocenters. The van der Waals surface area contributed by atoms with Crippen LogP contribution in [0.2, 0.25) is 5.02 Å². The summed E-state index contributed by atoms with van der Waals surface area (Å²) in [6.07, 6.45) is 0. The van der Waals surface area contributed by atoms with Crippen LogP contribution in [0.3, 0.4) is 0 Å². The van der Waals surface area contributed by atoms with Crippen molar-refractivity contribution < 1.29 is 24.0 Å². The number of hydrazine groups is 1. The van der Waals surface area contributed by atoms with Crippen LogP contribution in [0.4, 0.5) is 5.69 Å². The zero-order valence-corrected chi connectivity index (χ0v) is 15.2. The summed E-state index contributed by atoms with van der Waals surface area (Å²) in [5.74, 6) is -0.581. The van der Waals surface area contributed by atoms with Gasteiger partial charge in [-0.15, -0.1) is 0 Å². The van der Waals surface area contributed by atoms with Gasteiger partial charge in [0, 0.05) is 17.7 Å². The van der Waals surface area contributed by atoms with E-state index in [0.717, 1.165) is 6.07 Å². The molecule has 0 bridgehead atoms. The Labute approximate surface area is 159 Å². The number of halogens is 1. The van der Waals surface area contributed by atoms with Crippen molar-refractivity contribution in [3.05, 3.63) is 62.7 Å². The topological polar surface area (TPSA) is 120 Å². The summed E-state index contributed by atoms with van der Waals surface area (Å²) in [6.45, 7) is 2.25. The van der Waals surface area contributed by atoms with E-state index in [9.17, 15) is 19.7 Å². The molecule has 2 rings (SSSR count). The van der Waals surface area contributed by atoms with Crippen LogP contribution < -0.4 is 20.3 Å². The number of hydrogen-bond donors (Lipinski definition) is 2. The van der Waals surface area contributed by atoms with Gasteiger partial charge >= 0.3 is 0 Å². The zero-order valence-electron chi connectivity index (χ0n) is 14.4. The van der Waals surface area contributed by atoms with Gasteiger partial charge < -0.3 is 9.47 Å². The molecule has 2 aromatic rings. The average molecular weight is 394 g/mol. The van der Waals surface area contributed by atoms with Gasteiger partial charge in [0.1, 0.15) is 0 Å². The Kier molecular flexibility index (Phi) is 6.56. The first-order valence-electron chi connectivity index (χ1n) is 7.72. The number of rotatable bonds is 6. The number of carbonyl (C=O) groups excluding carboxylic acids is 2. The monoisotopic (exact) mass is 393 g/mol. The van der Waals surface area contributed by atoms with Gasteiger partial charge in [-0.2, -0.15) is 0 Å². The lowest BCUT2D eigenvalue weighted by Crippen LogP contribution is -2.41. The maximum absolute atomic E-state index is 12.2. The smallest absolute Gasteiger partial charge is 0.271 e. The second-order valence-corrected chi connectivity index (χ2v) is 5.54. The van der Waals surface area contributed by atoms with Gasteiger partial charge in [0.2, 0.25) is 0 Å². The zero-order chi connectivity index (χ0) is 20.0. The van der Waals surface area contributed by atoms with Crippen LogP contribution in [0.1, 0.15) is 27.6 Å². The van der Waals surface area contributed by atoms with E-state index < -0.39 is 16.7 Å². The number of methoxy groups -OCH3 is 1. The predicted octanol–water partition coefficient (Wildman–Crippen LogP) is 2.73. The second kappa shape index (κ2) is 8.86. The van der Waals surface area contributed by atoms with E-state index in [1.165, 1.54) is 31.4 Å². The highest BCUT2D eigenvalue weighted by atomic mass is 35.5. The fourth-order valence-electron chi connectivity index (χ4n) is 2.14. The first-order valence-corrected chi connectivity index (χ1v) is 8.10. The van der Waals surface area contributed by atoms with Crippen molar-refractivity contribution in [2.45, 2.75) is 6.92 Å². The van der Waals surface area contributed by atoms with Crippen LogP contribution in [0.5, 0.6) is 11.5 Å². The largest absolute Gasteiger partial charge is 0.493 e. The number of nitrogens with one attached hydrogen (secondary N) is 2. The quantitative estimate of drug-likeness (QED) is 0.575. The van der Waals surface area contributed by atoms with Crippen molar-refractivity contribution >= 4 is 29.1 Å². The summed E-state index contributed by atoms with van der Waals surface area (Å²) >= 11 is 5.89. The first kappa shape index (κ1) is 20.0. The molecule has 0 unspecified atom stereocenters. The minimum Gasteiger partial charge on any atom is -0.493 e. The average Bonchev–Trinajstić information content (AvgIpc) is 2.66. The van der Waals surface area contributed by atoms with Gasteiger partial charge in [0.15, 0.2) is 11.5 Å². The molecule has 142 valence electrons. The lowest BCUT2D eigenvalue weighted by molar-refractivity contribution is -0.384. The molecule has 10 heteroatoms. The van der Waals surface area contributed by atoms with Gasteiger partial charge in [-0.3, -0.25) is 30.6 Å². The molecule has 2 amide bonds. The number of hydrogen-bond acceptors (Lipinski definition) is 6.